The van der Waals surface area contributed by atoms with Gasteiger partial charge < -0.3 is 23.7 Å². The Morgan fingerprint density at radius 2 is 1.92 bits per heavy atom. The maximum absolute atomic E-state index is 12.9. The van der Waals surface area contributed by atoms with Crippen molar-refractivity contribution in [1.29, 1.82) is 0 Å². The number of halogens is 3. The van der Waals surface area contributed by atoms with Crippen LogP contribution >= 0.6 is 11.3 Å². The van der Waals surface area contributed by atoms with Gasteiger partial charge >= 0.3 is 12.1 Å². The molecule has 0 spiro atoms. The van der Waals surface area contributed by atoms with E-state index in [1.165, 1.54) is 0 Å². The minimum atomic E-state index is -4.63. The van der Waals surface area contributed by atoms with Gasteiger partial charge in [0.25, 0.3) is 0 Å². The molecule has 37 heavy (non-hydrogen) atoms. The molecule has 1 fully saturated rings. The maximum Gasteiger partial charge on any atom is 0.425 e. The van der Waals surface area contributed by atoms with Crippen LogP contribution < -0.4 is 4.74 Å². The van der Waals surface area contributed by atoms with Crippen LogP contribution in [-0.4, -0.2) is 41.5 Å². The summed E-state index contributed by atoms with van der Waals surface area (Å²) in [5, 5.41) is 9.16. The molecule has 1 aromatic carbocycles. The topological polar surface area (TPSA) is 91.0 Å². The Hall–Kier alpha value is -2.89. The summed E-state index contributed by atoms with van der Waals surface area (Å²) in [6.45, 7) is 4.25. The number of oxazole rings is 1. The van der Waals surface area contributed by atoms with E-state index in [2.05, 4.69) is 4.98 Å². The molecule has 1 aliphatic carbocycles. The van der Waals surface area contributed by atoms with Gasteiger partial charge in [-0.05, 0) is 51.7 Å². The van der Waals surface area contributed by atoms with E-state index in [4.69, 9.17) is 23.7 Å². The first-order valence-corrected chi connectivity index (χ1v) is 12.8. The molecule has 1 N–H and O–H groups in total. The van der Waals surface area contributed by atoms with E-state index in [1.807, 2.05) is 38.1 Å². The SMILES string of the molecule is Cc1cccc(-c2nc(COC3CCCC(OCCOc4cc(C(F)(F)F)sc4C(=O)O)C3)c(C)o2)c1. The van der Waals surface area contributed by atoms with Crippen molar-refractivity contribution in [2.24, 2.45) is 0 Å². The van der Waals surface area contributed by atoms with Crippen molar-refractivity contribution < 1.29 is 41.7 Å². The number of benzene rings is 1. The lowest BCUT2D eigenvalue weighted by Crippen LogP contribution is -2.29. The highest BCUT2D eigenvalue weighted by atomic mass is 32.1. The zero-order chi connectivity index (χ0) is 26.6. The second-order valence-corrected chi connectivity index (χ2v) is 9.99. The monoisotopic (exact) mass is 539 g/mol. The number of nitrogens with zero attached hydrogens (tertiary/aromatic N) is 1. The van der Waals surface area contributed by atoms with E-state index in [0.29, 0.717) is 24.7 Å². The van der Waals surface area contributed by atoms with Crippen LogP contribution in [0.25, 0.3) is 11.5 Å². The van der Waals surface area contributed by atoms with Crippen LogP contribution in [0.4, 0.5) is 13.2 Å². The Labute approximate surface area is 216 Å². The second kappa shape index (κ2) is 11.7. The zero-order valence-electron chi connectivity index (χ0n) is 20.5. The summed E-state index contributed by atoms with van der Waals surface area (Å²) in [7, 11) is 0. The molecule has 3 aromatic rings. The van der Waals surface area contributed by atoms with Gasteiger partial charge in [0.1, 0.15) is 28.7 Å². The lowest BCUT2D eigenvalue weighted by Gasteiger charge is -2.29. The molecule has 1 aliphatic rings. The first-order chi connectivity index (χ1) is 17.6. The summed E-state index contributed by atoms with van der Waals surface area (Å²) in [5.74, 6) is -0.493. The van der Waals surface area contributed by atoms with Crippen molar-refractivity contribution in [3.8, 4) is 17.2 Å². The number of ether oxygens (including phenoxy) is 3. The Kier molecular flexibility index (Phi) is 8.56. The maximum atomic E-state index is 12.9. The van der Waals surface area contributed by atoms with Crippen LogP contribution in [0.2, 0.25) is 0 Å². The van der Waals surface area contributed by atoms with Crippen LogP contribution in [0.3, 0.4) is 0 Å². The van der Waals surface area contributed by atoms with Gasteiger partial charge in [0.2, 0.25) is 5.89 Å². The minimum absolute atomic E-state index is 0.0250. The zero-order valence-corrected chi connectivity index (χ0v) is 21.3. The molecule has 2 heterocycles. The smallest absolute Gasteiger partial charge is 0.425 e. The van der Waals surface area contributed by atoms with Gasteiger partial charge in [-0.1, -0.05) is 17.7 Å². The van der Waals surface area contributed by atoms with Crippen molar-refractivity contribution in [3.63, 3.8) is 0 Å². The average molecular weight is 540 g/mol. The lowest BCUT2D eigenvalue weighted by atomic mass is 9.95. The molecule has 0 aliphatic heterocycles. The number of carbonyl (C=O) groups is 1. The van der Waals surface area contributed by atoms with Crippen LogP contribution in [0.15, 0.2) is 34.7 Å². The molecule has 7 nitrogen and oxygen atoms in total. The fraction of sp³-hybridized carbons (Fsp3) is 0.462. The van der Waals surface area contributed by atoms with Gasteiger partial charge in [0.15, 0.2) is 4.88 Å². The van der Waals surface area contributed by atoms with Gasteiger partial charge in [-0.15, -0.1) is 11.3 Å². The molecule has 2 atom stereocenters. The molecular weight excluding hydrogens is 511 g/mol. The average Bonchev–Trinajstić information content (AvgIpc) is 3.45. The molecule has 0 amide bonds. The van der Waals surface area contributed by atoms with Gasteiger partial charge in [-0.2, -0.15) is 13.2 Å². The molecule has 4 rings (SSSR count). The van der Waals surface area contributed by atoms with Crippen LogP contribution in [0.5, 0.6) is 5.75 Å². The molecule has 2 unspecified atom stereocenters. The van der Waals surface area contributed by atoms with Gasteiger partial charge in [0.05, 0.1) is 25.4 Å². The molecule has 0 bridgehead atoms. The number of hydrogen-bond acceptors (Lipinski definition) is 7. The number of carboxylic acid groups (broad SMARTS) is 1. The normalized spacial score (nSPS) is 18.2. The number of thiophene rings is 1. The van der Waals surface area contributed by atoms with Crippen LogP contribution in [-0.2, 0) is 22.3 Å². The molecule has 1 saturated carbocycles. The Bertz CT molecular complexity index is 1220. The highest BCUT2D eigenvalue weighted by Crippen LogP contribution is 2.40. The minimum Gasteiger partial charge on any atom is -0.489 e. The largest absolute Gasteiger partial charge is 0.489 e. The van der Waals surface area contributed by atoms with Crippen LogP contribution in [0.1, 0.15) is 57.2 Å². The Balaban J connectivity index is 1.24. The first kappa shape index (κ1) is 27.2. The van der Waals surface area contributed by atoms with Gasteiger partial charge in [-0.3, -0.25) is 0 Å². The van der Waals surface area contributed by atoms with Crippen molar-refractivity contribution in [3.05, 3.63) is 57.1 Å². The van der Waals surface area contributed by atoms with Crippen molar-refractivity contribution >= 4 is 17.3 Å². The molecule has 11 heteroatoms. The summed E-state index contributed by atoms with van der Waals surface area (Å²) in [5.41, 5.74) is 2.78. The summed E-state index contributed by atoms with van der Waals surface area (Å²) >= 11 is 0.148. The van der Waals surface area contributed by atoms with Crippen LogP contribution in [0, 0.1) is 13.8 Å². The van der Waals surface area contributed by atoms with E-state index in [-0.39, 0.29) is 42.5 Å². The number of aromatic carboxylic acids is 1. The predicted molar refractivity (Wildman–Crippen MR) is 130 cm³/mol. The Morgan fingerprint density at radius 3 is 2.62 bits per heavy atom. The van der Waals surface area contributed by atoms with Crippen molar-refractivity contribution in [2.45, 2.75) is 64.5 Å². The number of carboxylic acids is 1. The van der Waals surface area contributed by atoms with Gasteiger partial charge in [-0.25, -0.2) is 9.78 Å². The summed E-state index contributed by atoms with van der Waals surface area (Å²) in [6, 6.07) is 8.65. The number of aromatic nitrogens is 1. The summed E-state index contributed by atoms with van der Waals surface area (Å²) < 4.78 is 61.8. The number of aryl methyl sites for hydroxylation is 2. The Morgan fingerprint density at radius 1 is 1.16 bits per heavy atom. The third kappa shape index (κ3) is 7.12. The predicted octanol–water partition coefficient (Wildman–Crippen LogP) is 6.66. The van der Waals surface area contributed by atoms with Crippen molar-refractivity contribution in [2.75, 3.05) is 13.2 Å². The van der Waals surface area contributed by atoms with Crippen molar-refractivity contribution in [1.82, 2.24) is 4.98 Å². The molecular formula is C26H28F3NO6S. The highest BCUT2D eigenvalue weighted by Gasteiger charge is 2.35. The van der Waals surface area contributed by atoms with E-state index >= 15 is 0 Å². The molecule has 0 saturated heterocycles. The fourth-order valence-corrected chi connectivity index (χ4v) is 5.01. The molecule has 200 valence electrons. The standard InChI is InChI=1S/C26H28F3NO6S/c1-15-5-3-6-17(11-15)24-30-20(16(2)36-24)14-35-19-8-4-7-18(12-19)33-9-10-34-21-13-22(26(27,28)29)37-23(21)25(31)32/h3,5-6,11,13,18-19H,4,7-10,12,14H2,1-2H3,(H,31,32). The van der Waals surface area contributed by atoms with E-state index in [0.717, 1.165) is 42.1 Å². The quantitative estimate of drug-likeness (QED) is 0.288. The summed E-state index contributed by atoms with van der Waals surface area (Å²) in [4.78, 5) is 14.4. The lowest BCUT2D eigenvalue weighted by molar-refractivity contribution is -0.134. The first-order valence-electron chi connectivity index (χ1n) is 11.9. The van der Waals surface area contributed by atoms with E-state index in [9.17, 15) is 18.0 Å². The fourth-order valence-electron chi connectivity index (χ4n) is 4.20. The highest BCUT2D eigenvalue weighted by molar-refractivity contribution is 7.14. The third-order valence-electron chi connectivity index (χ3n) is 6.06. The van der Waals surface area contributed by atoms with E-state index in [1.54, 1.807) is 0 Å². The number of hydrogen-bond donors (Lipinski definition) is 1. The summed E-state index contributed by atoms with van der Waals surface area (Å²) in [6.07, 6.45) is -1.45. The van der Waals surface area contributed by atoms with Gasteiger partial charge in [0, 0.05) is 11.6 Å². The third-order valence-corrected chi connectivity index (χ3v) is 7.21. The molecule has 2 aromatic heterocycles. The second-order valence-electron chi connectivity index (χ2n) is 8.94. The van der Waals surface area contributed by atoms with E-state index < -0.39 is 21.9 Å². The number of rotatable bonds is 10. The molecule has 0 radical (unpaired) electrons. The number of alkyl halides is 3.